The van der Waals surface area contributed by atoms with E-state index in [0.717, 1.165) is 11.3 Å². The lowest BCUT2D eigenvalue weighted by Gasteiger charge is -2.39. The lowest BCUT2D eigenvalue weighted by Crippen LogP contribution is -2.57. The van der Waals surface area contributed by atoms with Gasteiger partial charge in [-0.25, -0.2) is 9.97 Å². The van der Waals surface area contributed by atoms with Gasteiger partial charge in [0.1, 0.15) is 0 Å². The van der Waals surface area contributed by atoms with Gasteiger partial charge < -0.3 is 15.1 Å². The Morgan fingerprint density at radius 1 is 1.23 bits per heavy atom. The molecule has 0 saturated carbocycles. The molecule has 1 fully saturated rings. The number of amides is 1. The van der Waals surface area contributed by atoms with Crippen LogP contribution < -0.4 is 10.2 Å². The molecule has 1 N–H and O–H groups in total. The van der Waals surface area contributed by atoms with Gasteiger partial charge in [0.15, 0.2) is 0 Å². The molecule has 1 aromatic heterocycles. The van der Waals surface area contributed by atoms with E-state index in [9.17, 15) is 4.79 Å². The second-order valence-corrected chi connectivity index (χ2v) is 5.57. The van der Waals surface area contributed by atoms with Gasteiger partial charge in [-0.2, -0.15) is 0 Å². The standard InChI is InChI=1S/C16H19N5O/c1-20(2)14-6-3-5-12(9-14)15(22)21-10-13(11-21)19-16-17-7-4-8-18-16/h3-9,13H,10-11H2,1-2H3,(H,17,18,19). The largest absolute Gasteiger partial charge is 0.378 e. The summed E-state index contributed by atoms with van der Waals surface area (Å²) in [6.45, 7) is 1.34. The molecule has 0 radical (unpaired) electrons. The van der Waals surface area contributed by atoms with Crippen molar-refractivity contribution < 1.29 is 4.79 Å². The summed E-state index contributed by atoms with van der Waals surface area (Å²) in [6, 6.07) is 9.67. The van der Waals surface area contributed by atoms with Crippen molar-refractivity contribution >= 4 is 17.5 Å². The van der Waals surface area contributed by atoms with E-state index in [1.165, 1.54) is 0 Å². The van der Waals surface area contributed by atoms with Crippen molar-refractivity contribution in [3.05, 3.63) is 48.3 Å². The minimum atomic E-state index is 0.0655. The summed E-state index contributed by atoms with van der Waals surface area (Å²) in [5.41, 5.74) is 1.75. The average Bonchev–Trinajstić information content (AvgIpc) is 2.51. The third-order valence-corrected chi connectivity index (χ3v) is 3.68. The van der Waals surface area contributed by atoms with Crippen LogP contribution in [0, 0.1) is 0 Å². The van der Waals surface area contributed by atoms with Gasteiger partial charge in [-0.15, -0.1) is 0 Å². The number of likely N-dealkylation sites (tertiary alicyclic amines) is 1. The number of nitrogens with one attached hydrogen (secondary N) is 1. The molecule has 1 aliphatic heterocycles. The first kappa shape index (κ1) is 14.3. The summed E-state index contributed by atoms with van der Waals surface area (Å²) < 4.78 is 0. The van der Waals surface area contributed by atoms with Gasteiger partial charge in [-0.3, -0.25) is 4.79 Å². The molecule has 1 aromatic carbocycles. The predicted molar refractivity (Wildman–Crippen MR) is 86.1 cm³/mol. The molecule has 0 atom stereocenters. The fraction of sp³-hybridized carbons (Fsp3) is 0.312. The number of anilines is 2. The van der Waals surface area contributed by atoms with Crippen LogP contribution in [0.15, 0.2) is 42.7 Å². The van der Waals surface area contributed by atoms with Crippen LogP contribution in [0.4, 0.5) is 11.6 Å². The molecule has 0 spiro atoms. The van der Waals surface area contributed by atoms with Crippen molar-refractivity contribution in [1.29, 1.82) is 0 Å². The zero-order chi connectivity index (χ0) is 15.5. The predicted octanol–water partition coefficient (Wildman–Crippen LogP) is 1.48. The second-order valence-electron chi connectivity index (χ2n) is 5.57. The Morgan fingerprint density at radius 3 is 2.64 bits per heavy atom. The summed E-state index contributed by atoms with van der Waals surface area (Å²) in [5.74, 6) is 0.671. The van der Waals surface area contributed by atoms with E-state index in [-0.39, 0.29) is 11.9 Å². The molecule has 2 aromatic rings. The topological polar surface area (TPSA) is 61.4 Å². The lowest BCUT2D eigenvalue weighted by molar-refractivity contribution is 0.0624. The Labute approximate surface area is 129 Å². The molecule has 114 valence electrons. The van der Waals surface area contributed by atoms with Gasteiger partial charge in [0.2, 0.25) is 5.95 Å². The highest BCUT2D eigenvalue weighted by atomic mass is 16.2. The molecule has 3 rings (SSSR count). The van der Waals surface area contributed by atoms with E-state index in [0.29, 0.717) is 19.0 Å². The highest BCUT2D eigenvalue weighted by molar-refractivity contribution is 5.95. The number of aromatic nitrogens is 2. The lowest BCUT2D eigenvalue weighted by atomic mass is 10.1. The highest BCUT2D eigenvalue weighted by Gasteiger charge is 2.31. The quantitative estimate of drug-likeness (QED) is 0.926. The Kier molecular flexibility index (Phi) is 3.91. The third-order valence-electron chi connectivity index (χ3n) is 3.68. The zero-order valence-electron chi connectivity index (χ0n) is 12.7. The summed E-state index contributed by atoms with van der Waals surface area (Å²) in [6.07, 6.45) is 3.40. The van der Waals surface area contributed by atoms with Crippen molar-refractivity contribution in [2.75, 3.05) is 37.4 Å². The van der Waals surface area contributed by atoms with Crippen LogP contribution in [0.1, 0.15) is 10.4 Å². The molecule has 1 amide bonds. The third kappa shape index (κ3) is 3.00. The Balaban J connectivity index is 1.58. The molecule has 1 saturated heterocycles. The van der Waals surface area contributed by atoms with Gasteiger partial charge in [-0.1, -0.05) is 6.07 Å². The second kappa shape index (κ2) is 6.01. The van der Waals surface area contributed by atoms with E-state index in [4.69, 9.17) is 0 Å². The van der Waals surface area contributed by atoms with Crippen LogP contribution in [-0.2, 0) is 0 Å². The van der Waals surface area contributed by atoms with Crippen molar-refractivity contribution in [2.24, 2.45) is 0 Å². The molecule has 6 nitrogen and oxygen atoms in total. The SMILES string of the molecule is CN(C)c1cccc(C(=O)N2CC(Nc3ncccn3)C2)c1. The van der Waals surface area contributed by atoms with Gasteiger partial charge in [0.05, 0.1) is 6.04 Å². The van der Waals surface area contributed by atoms with Gasteiger partial charge in [0, 0.05) is 50.8 Å². The van der Waals surface area contributed by atoms with Gasteiger partial charge in [-0.05, 0) is 24.3 Å². The fourth-order valence-corrected chi connectivity index (χ4v) is 2.39. The molecule has 0 aliphatic carbocycles. The van der Waals surface area contributed by atoms with Crippen LogP contribution >= 0.6 is 0 Å². The number of carbonyl (C=O) groups is 1. The number of nitrogens with zero attached hydrogens (tertiary/aromatic N) is 4. The molecule has 0 bridgehead atoms. The number of hydrogen-bond donors (Lipinski definition) is 1. The van der Waals surface area contributed by atoms with Crippen LogP contribution in [0.2, 0.25) is 0 Å². The first-order chi connectivity index (χ1) is 10.6. The smallest absolute Gasteiger partial charge is 0.254 e. The number of carbonyl (C=O) groups excluding carboxylic acids is 1. The average molecular weight is 297 g/mol. The maximum absolute atomic E-state index is 12.4. The molecular formula is C16H19N5O. The van der Waals surface area contributed by atoms with Crippen molar-refractivity contribution in [3.63, 3.8) is 0 Å². The number of hydrogen-bond acceptors (Lipinski definition) is 5. The van der Waals surface area contributed by atoms with E-state index in [1.54, 1.807) is 18.5 Å². The first-order valence-electron chi connectivity index (χ1n) is 7.24. The highest BCUT2D eigenvalue weighted by Crippen LogP contribution is 2.19. The van der Waals surface area contributed by atoms with Crippen molar-refractivity contribution in [3.8, 4) is 0 Å². The molecule has 0 unspecified atom stereocenters. The Bertz CT molecular complexity index is 653. The van der Waals surface area contributed by atoms with E-state index in [2.05, 4.69) is 15.3 Å². The Morgan fingerprint density at radius 2 is 1.95 bits per heavy atom. The number of rotatable bonds is 4. The molecule has 6 heteroatoms. The summed E-state index contributed by atoms with van der Waals surface area (Å²) in [4.78, 5) is 24.5. The molecule has 1 aliphatic rings. The van der Waals surface area contributed by atoms with E-state index >= 15 is 0 Å². The molecule has 2 heterocycles. The van der Waals surface area contributed by atoms with Crippen LogP contribution in [0.25, 0.3) is 0 Å². The monoisotopic (exact) mass is 297 g/mol. The maximum atomic E-state index is 12.4. The van der Waals surface area contributed by atoms with Crippen molar-refractivity contribution in [2.45, 2.75) is 6.04 Å². The van der Waals surface area contributed by atoms with E-state index in [1.807, 2.05) is 48.2 Å². The maximum Gasteiger partial charge on any atom is 0.254 e. The van der Waals surface area contributed by atoms with Crippen LogP contribution in [-0.4, -0.2) is 54.0 Å². The van der Waals surface area contributed by atoms with Crippen molar-refractivity contribution in [1.82, 2.24) is 14.9 Å². The zero-order valence-corrected chi connectivity index (χ0v) is 12.7. The Hall–Kier alpha value is -2.63. The molecular weight excluding hydrogens is 278 g/mol. The van der Waals surface area contributed by atoms with Gasteiger partial charge in [0.25, 0.3) is 5.91 Å². The summed E-state index contributed by atoms with van der Waals surface area (Å²) >= 11 is 0. The summed E-state index contributed by atoms with van der Waals surface area (Å²) in [7, 11) is 3.93. The minimum absolute atomic E-state index is 0.0655. The van der Waals surface area contributed by atoms with Crippen LogP contribution in [0.5, 0.6) is 0 Å². The van der Waals surface area contributed by atoms with Gasteiger partial charge >= 0.3 is 0 Å². The fourth-order valence-electron chi connectivity index (χ4n) is 2.39. The van der Waals surface area contributed by atoms with E-state index < -0.39 is 0 Å². The number of benzene rings is 1. The summed E-state index contributed by atoms with van der Waals surface area (Å²) in [5, 5.41) is 3.22. The van der Waals surface area contributed by atoms with Crippen LogP contribution in [0.3, 0.4) is 0 Å². The minimum Gasteiger partial charge on any atom is -0.378 e. The normalized spacial score (nSPS) is 14.4. The molecule has 22 heavy (non-hydrogen) atoms. The first-order valence-corrected chi connectivity index (χ1v) is 7.24.